The maximum atomic E-state index is 13.8. The molecular weight excluding hydrogens is 558 g/mol. The Bertz CT molecular complexity index is 1960. The van der Waals surface area contributed by atoms with Gasteiger partial charge in [-0.1, -0.05) is 180 Å². The fraction of sp³-hybridized carbons (Fsp3) is 0.295. The summed E-state index contributed by atoms with van der Waals surface area (Å²) in [5, 5.41) is 10.1. The first-order chi connectivity index (χ1) is 22.8. The van der Waals surface area contributed by atoms with Gasteiger partial charge in [-0.25, -0.2) is 0 Å². The van der Waals surface area contributed by atoms with E-state index in [1.807, 2.05) is 124 Å². The Morgan fingerprint density at radius 1 is 0.413 bits per heavy atom. The minimum absolute atomic E-state index is 0.0515. The third-order valence-corrected chi connectivity index (χ3v) is 7.06. The zero-order chi connectivity index (χ0) is 34.6. The van der Waals surface area contributed by atoms with Crippen LogP contribution in [0.15, 0.2) is 120 Å². The second kappa shape index (κ2) is 21.3. The van der Waals surface area contributed by atoms with E-state index in [1.165, 1.54) is 37.9 Å². The van der Waals surface area contributed by atoms with Crippen molar-refractivity contribution >= 4 is 54.0 Å². The number of rotatable bonds is 2. The molecule has 0 unspecified atom stereocenters. The van der Waals surface area contributed by atoms with Crippen molar-refractivity contribution in [1.29, 1.82) is 0 Å². The van der Waals surface area contributed by atoms with E-state index in [4.69, 9.17) is 0 Å². The molecule has 0 spiro atoms. The van der Waals surface area contributed by atoms with Gasteiger partial charge < -0.3 is 4.57 Å². The lowest BCUT2D eigenvalue weighted by Crippen LogP contribution is -2.21. The van der Waals surface area contributed by atoms with E-state index >= 15 is 0 Å². The van der Waals surface area contributed by atoms with E-state index in [0.29, 0.717) is 6.54 Å². The number of para-hydroxylation sites is 1. The van der Waals surface area contributed by atoms with Crippen molar-refractivity contribution in [2.45, 2.75) is 89.6 Å². The van der Waals surface area contributed by atoms with E-state index in [2.05, 4.69) is 78.9 Å². The van der Waals surface area contributed by atoms with E-state index in [9.17, 15) is 4.79 Å². The van der Waals surface area contributed by atoms with Gasteiger partial charge in [0.1, 0.15) is 0 Å². The Labute approximate surface area is 278 Å². The van der Waals surface area contributed by atoms with Crippen LogP contribution in [0.3, 0.4) is 0 Å². The smallest absolute Gasteiger partial charge is 0.259 e. The molecule has 0 aliphatic rings. The Kier molecular flexibility index (Phi) is 18.4. The Morgan fingerprint density at radius 3 is 1.46 bits per heavy atom. The highest BCUT2D eigenvalue weighted by Gasteiger charge is 2.15. The van der Waals surface area contributed by atoms with Crippen LogP contribution in [-0.4, -0.2) is 4.57 Å². The fourth-order valence-electron chi connectivity index (χ4n) is 5.52. The molecule has 0 atom stereocenters. The van der Waals surface area contributed by atoms with Crippen LogP contribution >= 0.6 is 0 Å². The molecule has 7 rings (SSSR count). The maximum Gasteiger partial charge on any atom is 0.259 e. The lowest BCUT2D eigenvalue weighted by atomic mass is 9.92. The second-order valence-corrected chi connectivity index (χ2v) is 8.92. The highest BCUT2D eigenvalue weighted by Crippen LogP contribution is 2.35. The average molecular weight is 616 g/mol. The van der Waals surface area contributed by atoms with Gasteiger partial charge in [0, 0.05) is 10.8 Å². The lowest BCUT2D eigenvalue weighted by Gasteiger charge is -2.18. The van der Waals surface area contributed by atoms with Crippen molar-refractivity contribution in [3.8, 4) is 0 Å². The van der Waals surface area contributed by atoms with E-state index in [-0.39, 0.29) is 5.56 Å². The monoisotopic (exact) mass is 615 g/mol. The van der Waals surface area contributed by atoms with Crippen LogP contribution in [0.2, 0.25) is 0 Å². The lowest BCUT2D eigenvalue weighted by molar-refractivity contribution is 0.813. The number of pyridine rings is 1. The predicted molar refractivity (Wildman–Crippen MR) is 212 cm³/mol. The van der Waals surface area contributed by atoms with E-state index < -0.39 is 0 Å². The summed E-state index contributed by atoms with van der Waals surface area (Å²) in [6.07, 6.45) is 0. The van der Waals surface area contributed by atoms with Gasteiger partial charge in [0.2, 0.25) is 0 Å². The van der Waals surface area contributed by atoms with Crippen LogP contribution in [0, 0.1) is 0 Å². The summed E-state index contributed by atoms with van der Waals surface area (Å²) in [5.74, 6) is 0. The third-order valence-electron chi connectivity index (χ3n) is 7.06. The number of fused-ring (bicyclic) bond motifs is 7. The third kappa shape index (κ3) is 8.23. The van der Waals surface area contributed by atoms with Crippen LogP contribution in [0.4, 0.5) is 0 Å². The molecule has 0 aliphatic carbocycles. The largest absolute Gasteiger partial charge is 0.303 e. The number of hydrogen-bond acceptors (Lipinski definition) is 1. The molecule has 0 bridgehead atoms. The quantitative estimate of drug-likeness (QED) is 0.140. The summed E-state index contributed by atoms with van der Waals surface area (Å²) in [7, 11) is 0. The summed E-state index contributed by atoms with van der Waals surface area (Å²) in [4.78, 5) is 13.8. The highest BCUT2D eigenvalue weighted by atomic mass is 16.1. The summed E-state index contributed by atoms with van der Waals surface area (Å²) in [6, 6.07) is 39.9. The van der Waals surface area contributed by atoms with E-state index in [1.54, 1.807) is 0 Å². The SMILES string of the molecule is CC.CC.CC.CC.CC.CC.O=c1c2ccccc2c2ccccc2n1Cc1c2ccccc2cc2ccc3ccccc3c12. The van der Waals surface area contributed by atoms with Gasteiger partial charge in [0.15, 0.2) is 0 Å². The molecule has 0 saturated heterocycles. The average Bonchev–Trinajstić information content (AvgIpc) is 3.17. The molecule has 1 aromatic heterocycles. The van der Waals surface area contributed by atoms with Gasteiger partial charge in [-0.3, -0.25) is 4.79 Å². The second-order valence-electron chi connectivity index (χ2n) is 8.92. The molecule has 0 amide bonds. The number of benzene rings is 6. The molecule has 46 heavy (non-hydrogen) atoms. The molecule has 0 radical (unpaired) electrons. The van der Waals surface area contributed by atoms with Crippen LogP contribution in [-0.2, 0) is 6.54 Å². The van der Waals surface area contributed by atoms with Crippen LogP contribution in [0.25, 0.3) is 54.0 Å². The number of nitrogens with zero attached hydrogens (tertiary/aromatic N) is 1. The zero-order valence-corrected chi connectivity index (χ0v) is 30.5. The van der Waals surface area contributed by atoms with Gasteiger partial charge in [-0.15, -0.1) is 0 Å². The summed E-state index contributed by atoms with van der Waals surface area (Å²) < 4.78 is 1.96. The molecule has 2 nitrogen and oxygen atoms in total. The van der Waals surface area contributed by atoms with Gasteiger partial charge in [-0.2, -0.15) is 0 Å². The molecule has 244 valence electrons. The van der Waals surface area contributed by atoms with Crippen molar-refractivity contribution < 1.29 is 0 Å². The molecule has 0 fully saturated rings. The fourth-order valence-corrected chi connectivity index (χ4v) is 5.52. The first kappa shape index (κ1) is 39.6. The van der Waals surface area contributed by atoms with Crippen molar-refractivity contribution in [1.82, 2.24) is 4.57 Å². The van der Waals surface area contributed by atoms with Gasteiger partial charge in [0.05, 0.1) is 12.1 Å². The standard InChI is InChI=1S/C32H21NO.6C2H6/c34-32-28-15-6-5-13-26(28)27-14-7-8-16-30(27)33(32)20-29-24-11-3-2-10-22(24)19-23-18-17-21-9-1-4-12-25(21)31(23)29;6*1-2/h1-19H,20H2;6*1-2H3. The summed E-state index contributed by atoms with van der Waals surface area (Å²) >= 11 is 0. The predicted octanol–water partition coefficient (Wildman–Crippen LogP) is 13.8. The van der Waals surface area contributed by atoms with Crippen molar-refractivity contribution in [3.05, 3.63) is 131 Å². The first-order valence-electron chi connectivity index (χ1n) is 17.6. The van der Waals surface area contributed by atoms with E-state index in [0.717, 1.165) is 21.7 Å². The molecule has 2 heteroatoms. The van der Waals surface area contributed by atoms with Crippen molar-refractivity contribution in [3.63, 3.8) is 0 Å². The molecule has 7 aromatic rings. The van der Waals surface area contributed by atoms with Gasteiger partial charge >= 0.3 is 0 Å². The van der Waals surface area contributed by atoms with Crippen molar-refractivity contribution in [2.75, 3.05) is 0 Å². The van der Waals surface area contributed by atoms with Crippen LogP contribution in [0.5, 0.6) is 0 Å². The normalized spacial score (nSPS) is 9.48. The molecule has 6 aromatic carbocycles. The molecule has 0 aliphatic heterocycles. The maximum absolute atomic E-state index is 13.8. The molecular formula is C44H57NO. The number of hydrogen-bond donors (Lipinski definition) is 0. The topological polar surface area (TPSA) is 22.0 Å². The minimum atomic E-state index is 0.0515. The zero-order valence-electron chi connectivity index (χ0n) is 30.5. The Hall–Kier alpha value is -4.43. The Balaban J connectivity index is 0.000000798. The summed E-state index contributed by atoms with van der Waals surface area (Å²) in [5.41, 5.74) is 2.20. The van der Waals surface area contributed by atoms with Gasteiger partial charge in [-0.05, 0) is 61.5 Å². The van der Waals surface area contributed by atoms with Crippen molar-refractivity contribution in [2.24, 2.45) is 0 Å². The molecule has 0 N–H and O–H groups in total. The first-order valence-corrected chi connectivity index (χ1v) is 17.6. The number of aromatic nitrogens is 1. The molecule has 0 saturated carbocycles. The highest BCUT2D eigenvalue weighted by molar-refractivity contribution is 6.15. The molecule has 1 heterocycles. The van der Waals surface area contributed by atoms with Crippen LogP contribution < -0.4 is 5.56 Å². The summed E-state index contributed by atoms with van der Waals surface area (Å²) in [6.45, 7) is 24.5. The minimum Gasteiger partial charge on any atom is -0.303 e. The van der Waals surface area contributed by atoms with Gasteiger partial charge in [0.25, 0.3) is 5.56 Å². The van der Waals surface area contributed by atoms with Crippen LogP contribution in [0.1, 0.15) is 88.6 Å². The Morgan fingerprint density at radius 2 is 0.848 bits per heavy atom.